The molecule has 0 radical (unpaired) electrons. The molecule has 4 aromatic carbocycles. The molecule has 12 heteroatoms. The van der Waals surface area contributed by atoms with Crippen molar-refractivity contribution in [3.8, 4) is 11.5 Å². The summed E-state index contributed by atoms with van der Waals surface area (Å²) in [7, 11) is 0. The zero-order valence-electron chi connectivity index (χ0n) is 31.7. The van der Waals surface area contributed by atoms with E-state index in [1.54, 1.807) is 106 Å². The molecule has 0 amide bonds. The van der Waals surface area contributed by atoms with Crippen LogP contribution < -0.4 is 30.6 Å². The number of hydrogen-bond donors (Lipinski definition) is 0. The average Bonchev–Trinajstić information content (AvgIpc) is 2.99. The monoisotopic (exact) mass is 814 g/mol. The Kier molecular flexibility index (Phi) is 35.8. The molecule has 0 fully saturated rings. The van der Waals surface area contributed by atoms with Crippen LogP contribution in [0.3, 0.4) is 0 Å². The maximum atomic E-state index is 11.8. The molecule has 0 aliphatic carbocycles. The van der Waals surface area contributed by atoms with Crippen LogP contribution in [0.2, 0.25) is 0 Å². The third-order valence-electron chi connectivity index (χ3n) is 4.90. The van der Waals surface area contributed by atoms with Gasteiger partial charge in [-0.1, -0.05) is 151 Å². The maximum absolute atomic E-state index is 11.8. The molecule has 0 N–H and O–H groups in total. The summed E-state index contributed by atoms with van der Waals surface area (Å²) in [6.45, 7) is 16.5. The number of para-hydroxylation sites is 4. The van der Waals surface area contributed by atoms with Crippen LogP contribution in [0, 0.1) is 13.8 Å². The van der Waals surface area contributed by atoms with Crippen molar-refractivity contribution in [2.45, 2.75) is 103 Å². The van der Waals surface area contributed by atoms with E-state index in [-0.39, 0.29) is 54.9 Å². The van der Waals surface area contributed by atoms with Crippen molar-refractivity contribution in [2.24, 2.45) is 9.98 Å². The molecule has 0 unspecified atom stereocenters. The fraction of sp³-hybridized carbons (Fsp3) is 0.350. The van der Waals surface area contributed by atoms with E-state index >= 15 is 0 Å². The van der Waals surface area contributed by atoms with Gasteiger partial charge in [-0.15, -0.1) is 34.2 Å². The van der Waals surface area contributed by atoms with Crippen LogP contribution in [0.25, 0.3) is 0 Å². The van der Waals surface area contributed by atoms with E-state index in [2.05, 4.69) is 9.98 Å². The summed E-state index contributed by atoms with van der Waals surface area (Å²) in [5.74, 6) is 0.0243. The Labute approximate surface area is 352 Å². The van der Waals surface area contributed by atoms with Gasteiger partial charge in [-0.2, -0.15) is 0 Å². The number of aliphatic imine (C=N–C) groups is 2. The largest absolute Gasteiger partial charge is 4.00 e. The molecule has 0 aliphatic heterocycles. The third kappa shape index (κ3) is 31.1. The molecule has 276 valence electrons. The van der Waals surface area contributed by atoms with Crippen molar-refractivity contribution in [2.75, 3.05) is 0 Å². The molecule has 4 rings (SSSR count). The third-order valence-corrected chi connectivity index (χ3v) is 5.59. The molecule has 0 saturated heterocycles. The van der Waals surface area contributed by atoms with E-state index in [1.807, 2.05) is 60.7 Å². The molecule has 8 nitrogen and oxygen atoms in total. The second-order valence-corrected chi connectivity index (χ2v) is 12.5. The van der Waals surface area contributed by atoms with Crippen molar-refractivity contribution < 1.29 is 74.1 Å². The van der Waals surface area contributed by atoms with Gasteiger partial charge in [0.05, 0.1) is 0 Å². The van der Waals surface area contributed by atoms with Crippen molar-refractivity contribution in [3.05, 3.63) is 107 Å². The molecule has 0 aliphatic rings. The molecule has 0 saturated carbocycles. The smallest absolute Gasteiger partial charge is 0.872 e. The predicted molar refractivity (Wildman–Crippen MR) is 200 cm³/mol. The van der Waals surface area contributed by atoms with Gasteiger partial charge in [0.15, 0.2) is 0 Å². The Balaban J connectivity index is -0.000000307. The first-order valence-electron chi connectivity index (χ1n) is 16.1. The van der Waals surface area contributed by atoms with Gasteiger partial charge in [-0.3, -0.25) is 9.98 Å². The maximum Gasteiger partial charge on any atom is 4.00 e. The van der Waals surface area contributed by atoms with Crippen LogP contribution in [0.5, 0.6) is 11.5 Å². The number of rotatable bonds is 4. The van der Waals surface area contributed by atoms with Crippen LogP contribution in [-0.4, -0.2) is 36.8 Å². The normalized spacial score (nSPS) is 9.88. The van der Waals surface area contributed by atoms with Crippen molar-refractivity contribution in [3.63, 3.8) is 0 Å². The molecule has 0 atom stereocenters. The Hall–Kier alpha value is -2.47. The minimum atomic E-state index is -0.417. The topological polar surface area (TPSA) is 163 Å². The van der Waals surface area contributed by atoms with Gasteiger partial charge < -0.3 is 55.9 Å². The van der Waals surface area contributed by atoms with Crippen LogP contribution >= 0.6 is 0 Å². The SMILES string of the molecule is CC(C)[O-].CC(C)[O-].CC(C)[O-].CC(C)[O-].Cc1cccc(C=Nc2ccccc2[S-])c1[O-].Cc1cccc(C=Nc2ccccc2[S-])c1[O-].[Ti+4].[Ti+4]. The van der Waals surface area contributed by atoms with Crippen LogP contribution in [-0.2, 0) is 68.7 Å². The first kappa shape index (κ1) is 56.3. The van der Waals surface area contributed by atoms with Gasteiger partial charge in [0.25, 0.3) is 0 Å². The van der Waals surface area contributed by atoms with Gasteiger partial charge in [0.1, 0.15) is 0 Å². The van der Waals surface area contributed by atoms with E-state index in [1.165, 1.54) is 0 Å². The fourth-order valence-corrected chi connectivity index (χ4v) is 3.36. The van der Waals surface area contributed by atoms with Gasteiger partial charge >= 0.3 is 43.4 Å². The Morgan fingerprint density at radius 3 is 0.962 bits per heavy atom. The van der Waals surface area contributed by atoms with Gasteiger partial charge in [0, 0.05) is 23.8 Å². The molecule has 4 aromatic rings. The quantitative estimate of drug-likeness (QED) is 0.166. The molecule has 52 heavy (non-hydrogen) atoms. The number of aryl methyl sites for hydroxylation is 2. The average molecular weight is 815 g/mol. The molecule has 0 aromatic heterocycles. The summed E-state index contributed by atoms with van der Waals surface area (Å²) in [5, 5.41) is 61.6. The molecular formula is C40H50N2O6S2Ti2. The summed E-state index contributed by atoms with van der Waals surface area (Å²) < 4.78 is 0. The zero-order valence-corrected chi connectivity index (χ0v) is 36.5. The van der Waals surface area contributed by atoms with Crippen LogP contribution in [0.15, 0.2) is 105 Å². The molecule has 0 heterocycles. The minimum absolute atomic E-state index is 0. The van der Waals surface area contributed by atoms with Crippen molar-refractivity contribution in [1.29, 1.82) is 0 Å². The summed E-state index contributed by atoms with van der Waals surface area (Å²) in [6.07, 6.45) is 1.47. The standard InChI is InChI=1S/2C14H13NOS.4C3H7O.2Ti/c2*1-10-5-4-6-11(14(10)16)9-15-12-7-2-3-8-13(12)17;4*1-3(2)4;;/h2*2-9,16-17H,1H3;4*3H,1-2H3;;/q;;4*-1;2*+4/p-4. The first-order chi connectivity index (χ1) is 23.3. The fourth-order valence-electron chi connectivity index (χ4n) is 2.96. The molecule has 0 bridgehead atoms. The summed E-state index contributed by atoms with van der Waals surface area (Å²) in [4.78, 5) is 9.87. The van der Waals surface area contributed by atoms with E-state index < -0.39 is 24.4 Å². The van der Waals surface area contributed by atoms with E-state index in [0.717, 1.165) is 11.1 Å². The van der Waals surface area contributed by atoms with E-state index in [0.29, 0.717) is 32.3 Å². The second kappa shape index (κ2) is 33.1. The zero-order chi connectivity index (χ0) is 38.8. The van der Waals surface area contributed by atoms with Gasteiger partial charge in [0.2, 0.25) is 0 Å². The van der Waals surface area contributed by atoms with E-state index in [4.69, 9.17) is 25.3 Å². The van der Waals surface area contributed by atoms with Gasteiger partial charge in [-0.05, 0) is 37.1 Å². The number of benzene rings is 4. The van der Waals surface area contributed by atoms with Crippen LogP contribution in [0.1, 0.15) is 77.6 Å². The Morgan fingerprint density at radius 2 is 0.712 bits per heavy atom. The Morgan fingerprint density at radius 1 is 0.462 bits per heavy atom. The second-order valence-electron chi connectivity index (χ2n) is 11.6. The summed E-state index contributed by atoms with van der Waals surface area (Å²) in [6, 6.07) is 25.6. The number of hydrogen-bond acceptors (Lipinski definition) is 10. The van der Waals surface area contributed by atoms with Crippen molar-refractivity contribution >= 4 is 49.1 Å². The molecule has 0 spiro atoms. The number of nitrogens with zero attached hydrogens (tertiary/aromatic N) is 2. The Bertz CT molecular complexity index is 1410. The van der Waals surface area contributed by atoms with E-state index in [9.17, 15) is 30.6 Å². The molecular weight excluding hydrogens is 764 g/mol. The van der Waals surface area contributed by atoms with Crippen molar-refractivity contribution in [1.82, 2.24) is 0 Å². The van der Waals surface area contributed by atoms with Crippen LogP contribution in [0.4, 0.5) is 11.4 Å². The first-order valence-corrected chi connectivity index (χ1v) is 16.9. The summed E-state index contributed by atoms with van der Waals surface area (Å²) in [5.41, 5.74) is 4.04. The minimum Gasteiger partial charge on any atom is -0.872 e. The predicted octanol–water partition coefficient (Wildman–Crippen LogP) is 4.47. The van der Waals surface area contributed by atoms with Gasteiger partial charge in [-0.25, -0.2) is 0 Å². The summed E-state index contributed by atoms with van der Waals surface area (Å²) >= 11 is 10.3.